The number of nitrogens with one attached hydrogen (secondary N) is 1. The topological polar surface area (TPSA) is 55.6 Å². The molecule has 2 aromatic heterocycles. The van der Waals surface area contributed by atoms with Crippen LogP contribution in [0.3, 0.4) is 0 Å². The van der Waals surface area contributed by atoms with Gasteiger partial charge in [0.15, 0.2) is 5.82 Å². The normalized spacial score (nSPS) is 10.9. The molecule has 2 heterocycles. The zero-order valence-corrected chi connectivity index (χ0v) is 11.8. The van der Waals surface area contributed by atoms with E-state index in [-0.39, 0.29) is 0 Å². The molecule has 1 N–H and O–H groups in total. The Morgan fingerprint density at radius 1 is 1.26 bits per heavy atom. The number of hydrogen-bond donors (Lipinski definition) is 1. The van der Waals surface area contributed by atoms with Crippen molar-refractivity contribution in [1.29, 1.82) is 0 Å². The molecular formula is C14H21N5. The number of aryl methyl sites for hydroxylation is 1. The minimum absolute atomic E-state index is 0.823. The van der Waals surface area contributed by atoms with E-state index in [9.17, 15) is 0 Å². The summed E-state index contributed by atoms with van der Waals surface area (Å²) in [6.45, 7) is 8.39. The van der Waals surface area contributed by atoms with Crippen molar-refractivity contribution in [2.45, 2.75) is 33.6 Å². The maximum Gasteiger partial charge on any atom is 0.156 e. The van der Waals surface area contributed by atoms with Crippen molar-refractivity contribution in [3.8, 4) is 5.82 Å². The number of nitrogens with zero attached hydrogens (tertiary/aromatic N) is 4. The SMILES string of the molecule is CCCNCCc1c(C)nn(-c2ccncn2)c1C. The summed E-state index contributed by atoms with van der Waals surface area (Å²) in [5, 5.41) is 8.00. The van der Waals surface area contributed by atoms with Crippen LogP contribution in [-0.2, 0) is 6.42 Å². The molecule has 0 saturated heterocycles. The third kappa shape index (κ3) is 3.17. The summed E-state index contributed by atoms with van der Waals surface area (Å²) >= 11 is 0. The Labute approximate surface area is 114 Å². The fraction of sp³-hybridized carbons (Fsp3) is 0.500. The van der Waals surface area contributed by atoms with Crippen molar-refractivity contribution in [2.75, 3.05) is 13.1 Å². The van der Waals surface area contributed by atoms with E-state index in [1.807, 2.05) is 10.7 Å². The van der Waals surface area contributed by atoms with Crippen LogP contribution in [0.2, 0.25) is 0 Å². The second-order valence-corrected chi connectivity index (χ2v) is 4.63. The van der Waals surface area contributed by atoms with Crippen LogP contribution in [0.4, 0.5) is 0 Å². The van der Waals surface area contributed by atoms with E-state index in [0.717, 1.165) is 43.1 Å². The van der Waals surface area contributed by atoms with Crippen molar-refractivity contribution >= 4 is 0 Å². The van der Waals surface area contributed by atoms with E-state index in [2.05, 4.69) is 41.2 Å². The molecule has 0 aliphatic rings. The van der Waals surface area contributed by atoms with Gasteiger partial charge in [-0.25, -0.2) is 14.6 Å². The Kier molecular flexibility index (Phi) is 4.63. The first-order chi connectivity index (χ1) is 9.24. The summed E-state index contributed by atoms with van der Waals surface area (Å²) in [4.78, 5) is 8.19. The van der Waals surface area contributed by atoms with Crippen LogP contribution in [0.25, 0.3) is 5.82 Å². The smallest absolute Gasteiger partial charge is 0.156 e. The van der Waals surface area contributed by atoms with E-state index < -0.39 is 0 Å². The third-order valence-electron chi connectivity index (χ3n) is 3.20. The predicted octanol–water partition coefficient (Wildman–Crippen LogP) is 1.82. The van der Waals surface area contributed by atoms with E-state index in [1.54, 1.807) is 12.5 Å². The van der Waals surface area contributed by atoms with Gasteiger partial charge < -0.3 is 5.32 Å². The summed E-state index contributed by atoms with van der Waals surface area (Å²) in [5.74, 6) is 0.823. The van der Waals surface area contributed by atoms with Gasteiger partial charge in [-0.15, -0.1) is 0 Å². The van der Waals surface area contributed by atoms with E-state index >= 15 is 0 Å². The van der Waals surface area contributed by atoms with E-state index in [1.165, 1.54) is 5.56 Å². The highest BCUT2D eigenvalue weighted by Gasteiger charge is 2.12. The van der Waals surface area contributed by atoms with Crippen LogP contribution in [-0.4, -0.2) is 32.8 Å². The van der Waals surface area contributed by atoms with E-state index in [4.69, 9.17) is 0 Å². The quantitative estimate of drug-likeness (QED) is 0.804. The van der Waals surface area contributed by atoms with Crippen molar-refractivity contribution in [2.24, 2.45) is 0 Å². The van der Waals surface area contributed by atoms with Gasteiger partial charge in [0.1, 0.15) is 6.33 Å². The maximum absolute atomic E-state index is 4.58. The summed E-state index contributed by atoms with van der Waals surface area (Å²) in [7, 11) is 0. The predicted molar refractivity (Wildman–Crippen MR) is 75.5 cm³/mol. The van der Waals surface area contributed by atoms with Gasteiger partial charge in [0.25, 0.3) is 0 Å². The van der Waals surface area contributed by atoms with Crippen molar-refractivity contribution in [3.05, 3.63) is 35.5 Å². The van der Waals surface area contributed by atoms with Crippen molar-refractivity contribution < 1.29 is 0 Å². The number of hydrogen-bond acceptors (Lipinski definition) is 4. The molecule has 2 rings (SSSR count). The van der Waals surface area contributed by atoms with Gasteiger partial charge in [0.2, 0.25) is 0 Å². The molecule has 0 unspecified atom stereocenters. The third-order valence-corrected chi connectivity index (χ3v) is 3.20. The lowest BCUT2D eigenvalue weighted by Gasteiger charge is -2.05. The lowest BCUT2D eigenvalue weighted by atomic mass is 10.1. The molecule has 0 fully saturated rings. The molecule has 5 nitrogen and oxygen atoms in total. The molecule has 0 radical (unpaired) electrons. The zero-order chi connectivity index (χ0) is 13.7. The Morgan fingerprint density at radius 3 is 2.79 bits per heavy atom. The summed E-state index contributed by atoms with van der Waals surface area (Å²) in [6.07, 6.45) is 5.45. The second-order valence-electron chi connectivity index (χ2n) is 4.63. The van der Waals surface area contributed by atoms with Gasteiger partial charge in [0.05, 0.1) is 5.69 Å². The van der Waals surface area contributed by atoms with Gasteiger partial charge in [-0.1, -0.05) is 6.92 Å². The minimum atomic E-state index is 0.823. The van der Waals surface area contributed by atoms with Gasteiger partial charge in [-0.05, 0) is 45.3 Å². The molecule has 0 aromatic carbocycles. The Balaban J connectivity index is 2.16. The standard InChI is InChI=1S/C14H21N5/c1-4-7-15-8-5-13-11(2)18-19(12(13)3)14-6-9-16-10-17-14/h6,9-10,15H,4-5,7-8H2,1-3H3. The summed E-state index contributed by atoms with van der Waals surface area (Å²) in [5.41, 5.74) is 3.55. The maximum atomic E-state index is 4.58. The highest BCUT2D eigenvalue weighted by Crippen LogP contribution is 2.16. The molecule has 19 heavy (non-hydrogen) atoms. The molecule has 2 aromatic rings. The summed E-state index contributed by atoms with van der Waals surface area (Å²) < 4.78 is 1.90. The first-order valence-electron chi connectivity index (χ1n) is 6.76. The highest BCUT2D eigenvalue weighted by atomic mass is 15.3. The first kappa shape index (κ1) is 13.7. The van der Waals surface area contributed by atoms with Gasteiger partial charge >= 0.3 is 0 Å². The van der Waals surface area contributed by atoms with Crippen LogP contribution in [0, 0.1) is 13.8 Å². The van der Waals surface area contributed by atoms with Crippen molar-refractivity contribution in [1.82, 2.24) is 25.1 Å². The lowest BCUT2D eigenvalue weighted by molar-refractivity contribution is 0.669. The fourth-order valence-electron chi connectivity index (χ4n) is 2.18. The molecule has 0 bridgehead atoms. The molecule has 5 heteroatoms. The Hall–Kier alpha value is -1.75. The number of aromatic nitrogens is 4. The second kappa shape index (κ2) is 6.43. The zero-order valence-electron chi connectivity index (χ0n) is 11.8. The monoisotopic (exact) mass is 259 g/mol. The average Bonchev–Trinajstić information content (AvgIpc) is 2.72. The van der Waals surface area contributed by atoms with Crippen LogP contribution < -0.4 is 5.32 Å². The highest BCUT2D eigenvalue weighted by molar-refractivity contribution is 5.31. The van der Waals surface area contributed by atoms with Crippen LogP contribution in [0.1, 0.15) is 30.3 Å². The molecule has 0 saturated carbocycles. The molecule has 0 atom stereocenters. The van der Waals surface area contributed by atoms with Crippen LogP contribution in [0.5, 0.6) is 0 Å². The molecule has 0 aliphatic heterocycles. The summed E-state index contributed by atoms with van der Waals surface area (Å²) in [6, 6.07) is 1.87. The molecule has 0 amide bonds. The van der Waals surface area contributed by atoms with E-state index in [0.29, 0.717) is 0 Å². The lowest BCUT2D eigenvalue weighted by Crippen LogP contribution is -2.18. The van der Waals surface area contributed by atoms with Crippen molar-refractivity contribution in [3.63, 3.8) is 0 Å². The molecule has 0 aliphatic carbocycles. The number of rotatable bonds is 6. The average molecular weight is 259 g/mol. The molecule has 0 spiro atoms. The minimum Gasteiger partial charge on any atom is -0.316 e. The molecular weight excluding hydrogens is 238 g/mol. The van der Waals surface area contributed by atoms with Gasteiger partial charge in [-0.2, -0.15) is 5.10 Å². The van der Waals surface area contributed by atoms with Gasteiger partial charge in [0, 0.05) is 18.0 Å². The van der Waals surface area contributed by atoms with Gasteiger partial charge in [-0.3, -0.25) is 0 Å². The molecule has 102 valence electrons. The largest absolute Gasteiger partial charge is 0.316 e. The van der Waals surface area contributed by atoms with Crippen LogP contribution in [0.15, 0.2) is 18.6 Å². The van der Waals surface area contributed by atoms with Crippen LogP contribution >= 0.6 is 0 Å². The first-order valence-corrected chi connectivity index (χ1v) is 6.76. The Bertz CT molecular complexity index is 518. The Morgan fingerprint density at radius 2 is 2.11 bits per heavy atom. The fourth-order valence-corrected chi connectivity index (χ4v) is 2.18.